The highest BCUT2D eigenvalue weighted by Crippen LogP contribution is 2.25. The summed E-state index contributed by atoms with van der Waals surface area (Å²) in [6.07, 6.45) is 0. The number of benzene rings is 1. The molecule has 0 aliphatic rings. The predicted molar refractivity (Wildman–Crippen MR) is 73.9 cm³/mol. The van der Waals surface area contributed by atoms with Crippen molar-refractivity contribution < 1.29 is 4.92 Å². The van der Waals surface area contributed by atoms with E-state index in [1.165, 1.54) is 17.7 Å². The van der Waals surface area contributed by atoms with Gasteiger partial charge in [-0.05, 0) is 28.5 Å². The van der Waals surface area contributed by atoms with Crippen molar-refractivity contribution in [2.75, 3.05) is 17.7 Å². The van der Waals surface area contributed by atoms with Crippen molar-refractivity contribution >= 4 is 28.4 Å². The van der Waals surface area contributed by atoms with Crippen LogP contribution in [0.2, 0.25) is 0 Å². The van der Waals surface area contributed by atoms with Gasteiger partial charge < -0.3 is 10.6 Å². The number of nitro groups is 1. The molecule has 0 saturated carbocycles. The molecule has 0 spiro atoms. The lowest BCUT2D eigenvalue weighted by atomic mass is 10.2. The number of nitrogens with zero attached hydrogens (tertiary/aromatic N) is 2. The van der Waals surface area contributed by atoms with Crippen molar-refractivity contribution in [3.63, 3.8) is 0 Å². The third kappa shape index (κ3) is 2.78. The Hall–Kier alpha value is -2.08. The second-order valence-electron chi connectivity index (χ2n) is 4.03. The molecule has 6 heteroatoms. The molecule has 18 heavy (non-hydrogen) atoms. The van der Waals surface area contributed by atoms with E-state index in [9.17, 15) is 10.1 Å². The number of hydrogen-bond acceptors (Lipinski definition) is 5. The maximum atomic E-state index is 10.8. The summed E-state index contributed by atoms with van der Waals surface area (Å²) >= 11 is 1.63. The fraction of sp³-hybridized carbons (Fsp3) is 0.167. The van der Waals surface area contributed by atoms with Crippen LogP contribution in [0, 0.1) is 10.1 Å². The van der Waals surface area contributed by atoms with Crippen molar-refractivity contribution in [2.45, 2.75) is 6.54 Å². The largest absolute Gasteiger partial charge is 0.398 e. The molecule has 0 radical (unpaired) electrons. The van der Waals surface area contributed by atoms with E-state index in [1.54, 1.807) is 17.4 Å². The molecule has 1 heterocycles. The Bertz CT molecular complexity index is 554. The van der Waals surface area contributed by atoms with Crippen molar-refractivity contribution in [2.24, 2.45) is 0 Å². The zero-order chi connectivity index (χ0) is 13.1. The Kier molecular flexibility index (Phi) is 3.47. The predicted octanol–water partition coefficient (Wildman–Crippen LogP) is 2.87. The molecule has 0 aliphatic heterocycles. The summed E-state index contributed by atoms with van der Waals surface area (Å²) in [6.45, 7) is 0.699. The summed E-state index contributed by atoms with van der Waals surface area (Å²) in [5.74, 6) is 0. The number of non-ortho nitro benzene ring substituents is 1. The Morgan fingerprint density at radius 1 is 1.44 bits per heavy atom. The van der Waals surface area contributed by atoms with Crippen LogP contribution in [0.5, 0.6) is 0 Å². The molecule has 0 aliphatic carbocycles. The van der Waals surface area contributed by atoms with Gasteiger partial charge in [-0.3, -0.25) is 10.1 Å². The topological polar surface area (TPSA) is 72.4 Å². The summed E-state index contributed by atoms with van der Waals surface area (Å²) < 4.78 is 0. The van der Waals surface area contributed by atoms with Gasteiger partial charge in [-0.1, -0.05) is 0 Å². The average Bonchev–Trinajstić information content (AvgIpc) is 2.80. The van der Waals surface area contributed by atoms with Gasteiger partial charge >= 0.3 is 0 Å². The third-order valence-corrected chi connectivity index (χ3v) is 3.31. The number of anilines is 2. The molecule has 2 aromatic rings. The van der Waals surface area contributed by atoms with Gasteiger partial charge in [0.05, 0.1) is 4.92 Å². The number of nitrogen functional groups attached to an aromatic ring is 1. The lowest BCUT2D eigenvalue weighted by molar-refractivity contribution is -0.384. The molecule has 0 atom stereocenters. The summed E-state index contributed by atoms with van der Waals surface area (Å²) in [6, 6.07) is 6.66. The smallest absolute Gasteiger partial charge is 0.273 e. The maximum Gasteiger partial charge on any atom is 0.273 e. The Labute approximate surface area is 109 Å². The quantitative estimate of drug-likeness (QED) is 0.523. The fourth-order valence-electron chi connectivity index (χ4n) is 1.69. The van der Waals surface area contributed by atoms with Crippen LogP contribution in [0.25, 0.3) is 0 Å². The Morgan fingerprint density at radius 3 is 2.83 bits per heavy atom. The first-order chi connectivity index (χ1) is 8.56. The van der Waals surface area contributed by atoms with E-state index >= 15 is 0 Å². The van der Waals surface area contributed by atoms with Gasteiger partial charge in [-0.25, -0.2) is 0 Å². The maximum absolute atomic E-state index is 10.8. The highest BCUT2D eigenvalue weighted by Gasteiger charge is 2.11. The van der Waals surface area contributed by atoms with Crippen molar-refractivity contribution in [3.8, 4) is 0 Å². The Morgan fingerprint density at radius 2 is 2.22 bits per heavy atom. The molecule has 0 fully saturated rings. The van der Waals surface area contributed by atoms with Crippen LogP contribution in [-0.2, 0) is 6.54 Å². The molecule has 0 bridgehead atoms. The van der Waals surface area contributed by atoms with Gasteiger partial charge in [-0.2, -0.15) is 11.3 Å². The Balaban J connectivity index is 2.24. The SMILES string of the molecule is CN(Cc1ccsc1)c1cc(N)cc([N+](=O)[O-])c1. The minimum atomic E-state index is -0.432. The second-order valence-corrected chi connectivity index (χ2v) is 4.81. The molecular weight excluding hydrogens is 250 g/mol. The van der Waals surface area contributed by atoms with E-state index in [2.05, 4.69) is 5.38 Å². The molecule has 0 amide bonds. The number of nitrogens with two attached hydrogens (primary N) is 1. The number of thiophene rings is 1. The summed E-state index contributed by atoms with van der Waals surface area (Å²) in [7, 11) is 1.89. The van der Waals surface area contributed by atoms with Crippen LogP contribution in [0.3, 0.4) is 0 Å². The molecule has 1 aromatic carbocycles. The van der Waals surface area contributed by atoms with Crippen molar-refractivity contribution in [1.82, 2.24) is 0 Å². The number of nitro benzene ring substituents is 1. The molecule has 5 nitrogen and oxygen atoms in total. The highest BCUT2D eigenvalue weighted by molar-refractivity contribution is 7.07. The summed E-state index contributed by atoms with van der Waals surface area (Å²) in [4.78, 5) is 12.3. The van der Waals surface area contributed by atoms with E-state index in [0.717, 1.165) is 5.69 Å². The summed E-state index contributed by atoms with van der Waals surface area (Å²) in [5, 5.41) is 14.8. The minimum Gasteiger partial charge on any atom is -0.398 e. The van der Waals surface area contributed by atoms with Gasteiger partial charge in [-0.15, -0.1) is 0 Å². The standard InChI is InChI=1S/C12H13N3O2S/c1-14(7-9-2-3-18-8-9)11-4-10(13)5-12(6-11)15(16)17/h2-6,8H,7,13H2,1H3. The van der Waals surface area contributed by atoms with Crippen LogP contribution < -0.4 is 10.6 Å². The molecule has 2 rings (SSSR count). The first kappa shape index (κ1) is 12.4. The van der Waals surface area contributed by atoms with Gasteiger partial charge in [0.25, 0.3) is 5.69 Å². The van der Waals surface area contributed by atoms with Crippen molar-refractivity contribution in [1.29, 1.82) is 0 Å². The average molecular weight is 263 g/mol. The van der Waals surface area contributed by atoms with E-state index in [4.69, 9.17) is 5.73 Å². The lowest BCUT2D eigenvalue weighted by Crippen LogP contribution is -2.16. The zero-order valence-electron chi connectivity index (χ0n) is 9.87. The first-order valence-corrected chi connectivity index (χ1v) is 6.27. The van der Waals surface area contributed by atoms with Gasteiger partial charge in [0, 0.05) is 37.1 Å². The van der Waals surface area contributed by atoms with E-state index in [1.807, 2.05) is 23.4 Å². The summed E-state index contributed by atoms with van der Waals surface area (Å²) in [5.41, 5.74) is 8.01. The number of hydrogen-bond donors (Lipinski definition) is 1. The lowest BCUT2D eigenvalue weighted by Gasteiger charge is -2.18. The van der Waals surface area contributed by atoms with Gasteiger partial charge in [0.15, 0.2) is 0 Å². The third-order valence-electron chi connectivity index (χ3n) is 2.58. The number of rotatable bonds is 4. The monoisotopic (exact) mass is 263 g/mol. The van der Waals surface area contributed by atoms with E-state index < -0.39 is 4.92 Å². The van der Waals surface area contributed by atoms with Crippen LogP contribution in [0.15, 0.2) is 35.0 Å². The highest BCUT2D eigenvalue weighted by atomic mass is 32.1. The molecule has 2 N–H and O–H groups in total. The molecule has 1 aromatic heterocycles. The van der Waals surface area contributed by atoms with Crippen LogP contribution in [-0.4, -0.2) is 12.0 Å². The van der Waals surface area contributed by atoms with E-state index in [0.29, 0.717) is 12.2 Å². The van der Waals surface area contributed by atoms with Crippen LogP contribution in [0.1, 0.15) is 5.56 Å². The fourth-order valence-corrected chi connectivity index (χ4v) is 2.35. The van der Waals surface area contributed by atoms with Gasteiger partial charge in [0.1, 0.15) is 0 Å². The van der Waals surface area contributed by atoms with Crippen molar-refractivity contribution in [3.05, 3.63) is 50.7 Å². The molecule has 0 unspecified atom stereocenters. The molecule has 0 saturated heterocycles. The minimum absolute atomic E-state index is 0.0159. The molecular formula is C12H13N3O2S. The molecule has 94 valence electrons. The normalized spacial score (nSPS) is 10.3. The zero-order valence-corrected chi connectivity index (χ0v) is 10.7. The van der Waals surface area contributed by atoms with Crippen LogP contribution in [0.4, 0.5) is 17.1 Å². The first-order valence-electron chi connectivity index (χ1n) is 5.33. The van der Waals surface area contributed by atoms with Gasteiger partial charge in [0.2, 0.25) is 0 Å². The van der Waals surface area contributed by atoms with E-state index in [-0.39, 0.29) is 5.69 Å². The van der Waals surface area contributed by atoms with Crippen LogP contribution >= 0.6 is 11.3 Å². The second kappa shape index (κ2) is 5.05.